The summed E-state index contributed by atoms with van der Waals surface area (Å²) < 4.78 is 0. The standard InChI is InChI=1S/C12H10Cl2N2S/c13-9-2-1-3-10(15)12(9)17-7-8-4-5-11(14)16-6-8/h1-6H,7,15H2. The smallest absolute Gasteiger partial charge is 0.129 e. The van der Waals surface area contributed by atoms with Crippen molar-refractivity contribution in [1.82, 2.24) is 4.98 Å². The highest BCUT2D eigenvalue weighted by molar-refractivity contribution is 7.98. The number of nitrogens with zero attached hydrogens (tertiary/aromatic N) is 1. The van der Waals surface area contributed by atoms with Crippen molar-refractivity contribution in [3.63, 3.8) is 0 Å². The van der Waals surface area contributed by atoms with Gasteiger partial charge in [0.05, 0.1) is 5.02 Å². The number of rotatable bonds is 3. The van der Waals surface area contributed by atoms with Crippen LogP contribution in [0.1, 0.15) is 5.56 Å². The molecule has 2 N–H and O–H groups in total. The summed E-state index contributed by atoms with van der Waals surface area (Å²) in [6.07, 6.45) is 1.75. The Bertz CT molecular complexity index is 494. The molecule has 88 valence electrons. The second-order valence-corrected chi connectivity index (χ2v) is 5.22. The second-order valence-electron chi connectivity index (χ2n) is 3.44. The van der Waals surface area contributed by atoms with Crippen LogP contribution in [0.25, 0.3) is 0 Å². The summed E-state index contributed by atoms with van der Waals surface area (Å²) in [5, 5.41) is 1.17. The third-order valence-electron chi connectivity index (χ3n) is 2.17. The van der Waals surface area contributed by atoms with Gasteiger partial charge in [-0.3, -0.25) is 0 Å². The van der Waals surface area contributed by atoms with E-state index in [1.54, 1.807) is 24.0 Å². The van der Waals surface area contributed by atoms with Gasteiger partial charge in [0.2, 0.25) is 0 Å². The maximum Gasteiger partial charge on any atom is 0.129 e. The van der Waals surface area contributed by atoms with Crippen LogP contribution in [-0.2, 0) is 5.75 Å². The Morgan fingerprint density at radius 1 is 1.18 bits per heavy atom. The van der Waals surface area contributed by atoms with Crippen LogP contribution >= 0.6 is 35.0 Å². The van der Waals surface area contributed by atoms with Gasteiger partial charge in [-0.05, 0) is 23.8 Å². The summed E-state index contributed by atoms with van der Waals surface area (Å²) in [7, 11) is 0. The summed E-state index contributed by atoms with van der Waals surface area (Å²) in [6, 6.07) is 9.23. The van der Waals surface area contributed by atoms with E-state index in [2.05, 4.69) is 4.98 Å². The summed E-state index contributed by atoms with van der Waals surface area (Å²) in [4.78, 5) is 4.93. The van der Waals surface area contributed by atoms with Gasteiger partial charge in [-0.2, -0.15) is 0 Å². The highest BCUT2D eigenvalue weighted by Crippen LogP contribution is 2.34. The third-order valence-corrected chi connectivity index (χ3v) is 4.04. The van der Waals surface area contributed by atoms with E-state index in [1.807, 2.05) is 24.3 Å². The number of pyridine rings is 1. The maximum absolute atomic E-state index is 6.08. The van der Waals surface area contributed by atoms with Crippen molar-refractivity contribution in [3.8, 4) is 0 Å². The zero-order chi connectivity index (χ0) is 12.3. The van der Waals surface area contributed by atoms with E-state index in [9.17, 15) is 0 Å². The van der Waals surface area contributed by atoms with Crippen LogP contribution in [-0.4, -0.2) is 4.98 Å². The molecule has 0 bridgehead atoms. The van der Waals surface area contributed by atoms with Crippen LogP contribution in [0.3, 0.4) is 0 Å². The minimum Gasteiger partial charge on any atom is -0.398 e. The number of halogens is 2. The maximum atomic E-state index is 6.08. The molecule has 0 atom stereocenters. The molecule has 2 nitrogen and oxygen atoms in total. The average molecular weight is 285 g/mol. The molecule has 0 saturated carbocycles. The fraction of sp³-hybridized carbons (Fsp3) is 0.0833. The lowest BCUT2D eigenvalue weighted by Crippen LogP contribution is -1.90. The summed E-state index contributed by atoms with van der Waals surface area (Å²) in [6.45, 7) is 0. The predicted molar refractivity (Wildman–Crippen MR) is 74.7 cm³/mol. The largest absolute Gasteiger partial charge is 0.398 e. The molecule has 0 saturated heterocycles. The number of thioether (sulfide) groups is 1. The zero-order valence-electron chi connectivity index (χ0n) is 8.86. The number of nitrogens with two attached hydrogens (primary N) is 1. The van der Waals surface area contributed by atoms with Crippen LogP contribution < -0.4 is 5.73 Å². The Labute approximate surface area is 114 Å². The second kappa shape index (κ2) is 5.63. The molecule has 0 aliphatic heterocycles. The van der Waals surface area contributed by atoms with Crippen molar-refractivity contribution in [2.45, 2.75) is 10.6 Å². The van der Waals surface area contributed by atoms with E-state index in [-0.39, 0.29) is 0 Å². The predicted octanol–water partition coefficient (Wildman–Crippen LogP) is 4.26. The Balaban J connectivity index is 2.10. The molecule has 0 unspecified atom stereocenters. The van der Waals surface area contributed by atoms with Crippen molar-refractivity contribution in [1.29, 1.82) is 0 Å². The van der Waals surface area contributed by atoms with E-state index >= 15 is 0 Å². The number of nitrogen functional groups attached to an aromatic ring is 1. The van der Waals surface area contributed by atoms with E-state index in [4.69, 9.17) is 28.9 Å². The number of benzene rings is 1. The number of anilines is 1. The molecule has 1 heterocycles. The van der Waals surface area contributed by atoms with Gasteiger partial charge in [0.25, 0.3) is 0 Å². The van der Waals surface area contributed by atoms with E-state index in [0.717, 1.165) is 16.2 Å². The normalized spacial score (nSPS) is 10.5. The molecule has 0 amide bonds. The minimum absolute atomic E-state index is 0.496. The van der Waals surface area contributed by atoms with Gasteiger partial charge >= 0.3 is 0 Å². The Morgan fingerprint density at radius 3 is 2.65 bits per heavy atom. The average Bonchev–Trinajstić information content (AvgIpc) is 2.31. The van der Waals surface area contributed by atoms with Crippen LogP contribution in [0.2, 0.25) is 10.2 Å². The first kappa shape index (κ1) is 12.6. The van der Waals surface area contributed by atoms with Crippen molar-refractivity contribution < 1.29 is 0 Å². The van der Waals surface area contributed by atoms with Gasteiger partial charge in [-0.15, -0.1) is 11.8 Å². The molecule has 5 heteroatoms. The van der Waals surface area contributed by atoms with Gasteiger partial charge in [0.15, 0.2) is 0 Å². The minimum atomic E-state index is 0.496. The molecule has 0 aliphatic carbocycles. The molecule has 0 spiro atoms. The Kier molecular flexibility index (Phi) is 4.15. The van der Waals surface area contributed by atoms with E-state index in [0.29, 0.717) is 15.9 Å². The SMILES string of the molecule is Nc1cccc(Cl)c1SCc1ccc(Cl)nc1. The highest BCUT2D eigenvalue weighted by Gasteiger charge is 2.05. The summed E-state index contributed by atoms with van der Waals surface area (Å²) >= 11 is 13.4. The van der Waals surface area contributed by atoms with Crippen LogP contribution in [0.4, 0.5) is 5.69 Å². The quantitative estimate of drug-likeness (QED) is 0.520. The van der Waals surface area contributed by atoms with Crippen LogP contribution in [0, 0.1) is 0 Å². The molecule has 1 aromatic heterocycles. The third kappa shape index (κ3) is 3.28. The molecule has 0 aliphatic rings. The van der Waals surface area contributed by atoms with Gasteiger partial charge in [0, 0.05) is 22.5 Å². The van der Waals surface area contributed by atoms with Gasteiger partial charge in [-0.1, -0.05) is 35.3 Å². The van der Waals surface area contributed by atoms with E-state index < -0.39 is 0 Å². The number of hydrogen-bond donors (Lipinski definition) is 1. The van der Waals surface area contributed by atoms with Crippen LogP contribution in [0.5, 0.6) is 0 Å². The Hall–Kier alpha value is -0.900. The molecule has 1 aromatic carbocycles. The van der Waals surface area contributed by atoms with Crippen LogP contribution in [0.15, 0.2) is 41.4 Å². The molecule has 0 fully saturated rings. The van der Waals surface area contributed by atoms with E-state index in [1.165, 1.54) is 0 Å². The van der Waals surface area contributed by atoms with Gasteiger partial charge in [0.1, 0.15) is 5.15 Å². The summed E-state index contributed by atoms with van der Waals surface area (Å²) in [5.74, 6) is 0.762. The fourth-order valence-corrected chi connectivity index (χ4v) is 2.70. The van der Waals surface area contributed by atoms with Crippen molar-refractivity contribution >= 4 is 40.7 Å². The van der Waals surface area contributed by atoms with Crippen molar-refractivity contribution in [2.75, 3.05) is 5.73 Å². The molecular weight excluding hydrogens is 275 g/mol. The van der Waals surface area contributed by atoms with Crippen molar-refractivity contribution in [2.24, 2.45) is 0 Å². The molecular formula is C12H10Cl2N2S. The topological polar surface area (TPSA) is 38.9 Å². The molecule has 2 aromatic rings. The Morgan fingerprint density at radius 2 is 2.00 bits per heavy atom. The lowest BCUT2D eigenvalue weighted by atomic mass is 10.3. The fourth-order valence-electron chi connectivity index (χ4n) is 1.33. The zero-order valence-corrected chi connectivity index (χ0v) is 11.2. The van der Waals surface area contributed by atoms with Crippen molar-refractivity contribution in [3.05, 3.63) is 52.3 Å². The molecule has 2 rings (SSSR count). The highest BCUT2D eigenvalue weighted by atomic mass is 35.5. The number of hydrogen-bond acceptors (Lipinski definition) is 3. The monoisotopic (exact) mass is 284 g/mol. The molecule has 17 heavy (non-hydrogen) atoms. The van der Waals surface area contributed by atoms with Gasteiger partial charge < -0.3 is 5.73 Å². The van der Waals surface area contributed by atoms with Gasteiger partial charge in [-0.25, -0.2) is 4.98 Å². The number of aromatic nitrogens is 1. The molecule has 0 radical (unpaired) electrons. The first-order valence-electron chi connectivity index (χ1n) is 4.94. The first-order valence-corrected chi connectivity index (χ1v) is 6.68. The lowest BCUT2D eigenvalue weighted by Gasteiger charge is -2.07. The summed E-state index contributed by atoms with van der Waals surface area (Å²) in [5.41, 5.74) is 7.65. The first-order chi connectivity index (χ1) is 8.16. The lowest BCUT2D eigenvalue weighted by molar-refractivity contribution is 1.25.